The molecule has 1 heterocycles. The molecule has 1 saturated heterocycles. The number of nitrogens with two attached hydrogens (primary N) is 1. The average Bonchev–Trinajstić information content (AvgIpc) is 2.19. The molecule has 1 rings (SSSR count). The Morgan fingerprint density at radius 3 is 2.92 bits per heavy atom. The highest BCUT2D eigenvalue weighted by Gasteiger charge is 2.14. The third kappa shape index (κ3) is 4.90. The topological polar surface area (TPSA) is 35.2 Å². The molecule has 2 N–H and O–H groups in total. The first-order chi connectivity index (χ1) is 6.43. The fourth-order valence-corrected chi connectivity index (χ4v) is 3.99. The average molecular weight is 197 g/mol. The van der Waals surface area contributed by atoms with E-state index in [-0.39, 0.29) is 0 Å². The third-order valence-electron chi connectivity index (χ3n) is 2.29. The van der Waals surface area contributed by atoms with Gasteiger partial charge in [0, 0.05) is 6.61 Å². The Hall–Kier alpha value is -0.543. The molecule has 0 amide bonds. The van der Waals surface area contributed by atoms with Crippen molar-refractivity contribution in [2.24, 2.45) is 5.73 Å². The molecule has 0 aromatic rings. The van der Waals surface area contributed by atoms with Crippen LogP contribution in [-0.4, -0.2) is 15.6 Å². The summed E-state index contributed by atoms with van der Waals surface area (Å²) in [6, 6.07) is 2.66. The van der Waals surface area contributed by atoms with Gasteiger partial charge in [-0.25, -0.2) is 0 Å². The summed E-state index contributed by atoms with van der Waals surface area (Å²) in [5.41, 5.74) is 5.21. The number of hydrogen-bond acceptors (Lipinski definition) is 2. The van der Waals surface area contributed by atoms with Crippen LogP contribution in [0.1, 0.15) is 19.3 Å². The van der Waals surface area contributed by atoms with Crippen LogP contribution in [0.5, 0.6) is 0 Å². The second kappa shape index (κ2) is 6.92. The van der Waals surface area contributed by atoms with Crippen LogP contribution in [0.15, 0.2) is 24.4 Å². The molecule has 0 bridgehead atoms. The first kappa shape index (κ1) is 10.5. The summed E-state index contributed by atoms with van der Waals surface area (Å²) < 4.78 is 5.75. The summed E-state index contributed by atoms with van der Waals surface area (Å²) in [4.78, 5) is 0. The lowest BCUT2D eigenvalue weighted by atomic mass is 10.4. The van der Waals surface area contributed by atoms with E-state index < -0.39 is 9.04 Å². The van der Waals surface area contributed by atoms with Crippen molar-refractivity contribution in [3.8, 4) is 0 Å². The van der Waals surface area contributed by atoms with E-state index in [1.165, 1.54) is 24.9 Å². The zero-order valence-corrected chi connectivity index (χ0v) is 9.27. The molecule has 1 atom stereocenters. The molecule has 0 spiro atoms. The smallest absolute Gasteiger partial charge is 0.177 e. The van der Waals surface area contributed by atoms with E-state index in [0.29, 0.717) is 0 Å². The largest absolute Gasteiger partial charge is 0.420 e. The van der Waals surface area contributed by atoms with Crippen LogP contribution in [0.2, 0.25) is 12.1 Å². The highest BCUT2D eigenvalue weighted by molar-refractivity contribution is 6.51. The van der Waals surface area contributed by atoms with Gasteiger partial charge in [-0.1, -0.05) is 18.6 Å². The fourth-order valence-electron chi connectivity index (χ4n) is 1.56. The first-order valence-corrected chi connectivity index (χ1v) is 7.19. The van der Waals surface area contributed by atoms with Gasteiger partial charge < -0.3 is 10.2 Å². The quantitative estimate of drug-likeness (QED) is 0.552. The second-order valence-electron chi connectivity index (χ2n) is 3.38. The molecule has 2 nitrogen and oxygen atoms in total. The Balaban J connectivity index is 2.04. The van der Waals surface area contributed by atoms with Gasteiger partial charge in [0.15, 0.2) is 9.04 Å². The van der Waals surface area contributed by atoms with Crippen molar-refractivity contribution in [2.75, 3.05) is 6.61 Å². The van der Waals surface area contributed by atoms with Gasteiger partial charge in [0.1, 0.15) is 0 Å². The molecule has 1 aliphatic heterocycles. The van der Waals surface area contributed by atoms with Crippen LogP contribution >= 0.6 is 0 Å². The Morgan fingerprint density at radius 1 is 1.31 bits per heavy atom. The summed E-state index contributed by atoms with van der Waals surface area (Å²) in [7, 11) is -0.784. The predicted molar refractivity (Wildman–Crippen MR) is 59.0 cm³/mol. The lowest BCUT2D eigenvalue weighted by Gasteiger charge is -2.20. The van der Waals surface area contributed by atoms with E-state index in [1.807, 2.05) is 12.2 Å². The molecule has 1 unspecified atom stereocenters. The number of rotatable bonds is 4. The van der Waals surface area contributed by atoms with Crippen LogP contribution in [0.25, 0.3) is 0 Å². The molecule has 0 aliphatic carbocycles. The van der Waals surface area contributed by atoms with Crippen molar-refractivity contribution < 1.29 is 4.43 Å². The van der Waals surface area contributed by atoms with Gasteiger partial charge in [-0.15, -0.1) is 0 Å². The Bertz CT molecular complexity index is 174. The maximum absolute atomic E-state index is 5.75. The van der Waals surface area contributed by atoms with Crippen LogP contribution in [0.3, 0.4) is 0 Å². The van der Waals surface area contributed by atoms with E-state index in [4.69, 9.17) is 10.2 Å². The molecule has 1 aliphatic rings. The zero-order valence-electron chi connectivity index (χ0n) is 8.11. The minimum atomic E-state index is -0.784. The summed E-state index contributed by atoms with van der Waals surface area (Å²) in [6.45, 7) is 1.02. The molecule has 0 saturated carbocycles. The summed E-state index contributed by atoms with van der Waals surface area (Å²) in [5, 5.41) is 0. The standard InChI is InChI=1S/C10H19NOSi/c11-7-3-1-2-5-9-13-10-6-4-8-12-13/h1-3,7,13H,4-6,8-11H2. The third-order valence-corrected chi connectivity index (χ3v) is 5.02. The fraction of sp³-hybridized carbons (Fsp3) is 0.600. The van der Waals surface area contributed by atoms with Crippen molar-refractivity contribution in [2.45, 2.75) is 31.4 Å². The Kier molecular flexibility index (Phi) is 5.61. The van der Waals surface area contributed by atoms with Gasteiger partial charge in [0.25, 0.3) is 0 Å². The zero-order chi connectivity index (χ0) is 9.36. The summed E-state index contributed by atoms with van der Waals surface area (Å²) >= 11 is 0. The molecule has 74 valence electrons. The number of allylic oxidation sites excluding steroid dienone is 3. The maximum atomic E-state index is 5.75. The van der Waals surface area contributed by atoms with E-state index in [1.54, 1.807) is 6.20 Å². The van der Waals surface area contributed by atoms with Crippen molar-refractivity contribution in [3.63, 3.8) is 0 Å². The lowest BCUT2D eigenvalue weighted by Crippen LogP contribution is -2.22. The molecule has 0 radical (unpaired) electrons. The van der Waals surface area contributed by atoms with Crippen LogP contribution in [0, 0.1) is 0 Å². The normalized spacial score (nSPS) is 24.5. The molecule has 13 heavy (non-hydrogen) atoms. The number of hydrogen-bond donors (Lipinski definition) is 1. The first-order valence-electron chi connectivity index (χ1n) is 5.08. The minimum absolute atomic E-state index is 0.784. The van der Waals surface area contributed by atoms with E-state index in [9.17, 15) is 0 Å². The van der Waals surface area contributed by atoms with Crippen LogP contribution in [0.4, 0.5) is 0 Å². The monoisotopic (exact) mass is 197 g/mol. The van der Waals surface area contributed by atoms with Crippen LogP contribution in [-0.2, 0) is 4.43 Å². The molecule has 0 aromatic carbocycles. The van der Waals surface area contributed by atoms with Gasteiger partial charge in [-0.2, -0.15) is 0 Å². The van der Waals surface area contributed by atoms with Gasteiger partial charge in [0.2, 0.25) is 0 Å². The van der Waals surface area contributed by atoms with Crippen molar-refractivity contribution in [1.29, 1.82) is 0 Å². The molecular weight excluding hydrogens is 178 g/mol. The molecule has 1 fully saturated rings. The molecule has 3 heteroatoms. The molecule has 0 aromatic heterocycles. The van der Waals surface area contributed by atoms with Gasteiger partial charge >= 0.3 is 0 Å². The van der Waals surface area contributed by atoms with Gasteiger partial charge in [0.05, 0.1) is 0 Å². The van der Waals surface area contributed by atoms with E-state index in [0.717, 1.165) is 13.0 Å². The van der Waals surface area contributed by atoms with Crippen molar-refractivity contribution >= 4 is 9.04 Å². The van der Waals surface area contributed by atoms with Gasteiger partial charge in [-0.3, -0.25) is 0 Å². The highest BCUT2D eigenvalue weighted by Crippen LogP contribution is 2.15. The van der Waals surface area contributed by atoms with Gasteiger partial charge in [-0.05, 0) is 37.2 Å². The van der Waals surface area contributed by atoms with Crippen molar-refractivity contribution in [3.05, 3.63) is 24.4 Å². The van der Waals surface area contributed by atoms with E-state index >= 15 is 0 Å². The van der Waals surface area contributed by atoms with Crippen molar-refractivity contribution in [1.82, 2.24) is 0 Å². The predicted octanol–water partition coefficient (Wildman–Crippen LogP) is 1.94. The SMILES string of the molecule is NC=CC=CCC[SiH]1CCCCO1. The van der Waals surface area contributed by atoms with E-state index in [2.05, 4.69) is 6.08 Å². The molecular formula is C10H19NOSi. The second-order valence-corrected chi connectivity index (χ2v) is 6.11. The highest BCUT2D eigenvalue weighted by atomic mass is 28.3. The maximum Gasteiger partial charge on any atom is 0.177 e. The van der Waals surface area contributed by atoms with Crippen LogP contribution < -0.4 is 5.73 Å². The summed E-state index contributed by atoms with van der Waals surface area (Å²) in [6.07, 6.45) is 11.4. The Labute approximate surface area is 82.2 Å². The summed E-state index contributed by atoms with van der Waals surface area (Å²) in [5.74, 6) is 0. The lowest BCUT2D eigenvalue weighted by molar-refractivity contribution is 0.286. The minimum Gasteiger partial charge on any atom is -0.420 e. The Morgan fingerprint density at radius 2 is 2.23 bits per heavy atom.